The number of hydrogen-bond donors (Lipinski definition) is 1. The van der Waals surface area contributed by atoms with Gasteiger partial charge in [-0.05, 0) is 75.8 Å². The number of carbonyl (C=O) groups is 1. The van der Waals surface area contributed by atoms with E-state index in [2.05, 4.69) is 67.1 Å². The first kappa shape index (κ1) is 23.3. The Morgan fingerprint density at radius 1 is 1.12 bits per heavy atom. The van der Waals surface area contributed by atoms with Gasteiger partial charge in [0.25, 0.3) is 0 Å². The number of amides is 1. The zero-order valence-electron chi connectivity index (χ0n) is 20.3. The molecule has 0 radical (unpaired) electrons. The molecule has 1 amide bonds. The van der Waals surface area contributed by atoms with Crippen LogP contribution in [0.3, 0.4) is 0 Å². The minimum absolute atomic E-state index is 0.113. The lowest BCUT2D eigenvalue weighted by molar-refractivity contribution is -0.126. The van der Waals surface area contributed by atoms with E-state index in [1.165, 1.54) is 17.5 Å². The molecule has 176 valence electrons. The highest BCUT2D eigenvalue weighted by atomic mass is 16.5. The van der Waals surface area contributed by atoms with E-state index in [0.29, 0.717) is 6.61 Å². The standard InChI is InChI=1S/C28H37N3O2/c1-20-15-16-21(2)26(19-20)33-18-10-9-17-31-25-14-8-7-13-24(25)30-27(31)22(3)29-28(32)23-11-5-4-6-12-23/h7-8,13-16,19,22-23H,4-6,9-12,17-18H2,1-3H3,(H,29,32). The van der Waals surface area contributed by atoms with Gasteiger partial charge in [-0.1, -0.05) is 43.5 Å². The molecule has 2 aromatic carbocycles. The first-order chi connectivity index (χ1) is 16.0. The zero-order valence-corrected chi connectivity index (χ0v) is 20.3. The molecule has 1 fully saturated rings. The molecule has 1 aliphatic rings. The fourth-order valence-electron chi connectivity index (χ4n) is 4.84. The number of aryl methyl sites for hydroxylation is 3. The molecule has 0 saturated heterocycles. The molecule has 1 N–H and O–H groups in total. The van der Waals surface area contributed by atoms with Crippen LogP contribution in [-0.2, 0) is 11.3 Å². The van der Waals surface area contributed by atoms with Crippen LogP contribution in [0.15, 0.2) is 42.5 Å². The van der Waals surface area contributed by atoms with Crippen LogP contribution in [-0.4, -0.2) is 22.1 Å². The number of aromatic nitrogens is 2. The van der Waals surface area contributed by atoms with Gasteiger partial charge in [-0.2, -0.15) is 0 Å². The van der Waals surface area contributed by atoms with Crippen LogP contribution in [0.5, 0.6) is 5.75 Å². The second kappa shape index (κ2) is 10.9. The Bertz CT molecular complexity index is 1080. The second-order valence-electron chi connectivity index (χ2n) is 9.50. The van der Waals surface area contributed by atoms with Gasteiger partial charge >= 0.3 is 0 Å². The van der Waals surface area contributed by atoms with Gasteiger partial charge in [0, 0.05) is 12.5 Å². The van der Waals surface area contributed by atoms with Gasteiger partial charge in [-0.25, -0.2) is 4.98 Å². The summed E-state index contributed by atoms with van der Waals surface area (Å²) in [5.74, 6) is 2.25. The summed E-state index contributed by atoms with van der Waals surface area (Å²) >= 11 is 0. The van der Waals surface area contributed by atoms with Gasteiger partial charge in [-0.3, -0.25) is 4.79 Å². The number of imidazole rings is 1. The molecule has 3 aromatic rings. The van der Waals surface area contributed by atoms with E-state index in [4.69, 9.17) is 9.72 Å². The van der Waals surface area contributed by atoms with Gasteiger partial charge in [-0.15, -0.1) is 0 Å². The number of carbonyl (C=O) groups excluding carboxylic acids is 1. The third kappa shape index (κ3) is 5.76. The fourth-order valence-corrected chi connectivity index (χ4v) is 4.84. The average molecular weight is 448 g/mol. The molecule has 0 aliphatic heterocycles. The average Bonchev–Trinajstić information content (AvgIpc) is 3.20. The summed E-state index contributed by atoms with van der Waals surface area (Å²) in [4.78, 5) is 17.7. The summed E-state index contributed by atoms with van der Waals surface area (Å²) in [5.41, 5.74) is 4.50. The van der Waals surface area contributed by atoms with Crippen LogP contribution in [0.4, 0.5) is 0 Å². The van der Waals surface area contributed by atoms with Gasteiger partial charge in [0.05, 0.1) is 23.7 Å². The van der Waals surface area contributed by atoms with Crippen LogP contribution in [0.25, 0.3) is 11.0 Å². The Labute approximate surface area is 197 Å². The van der Waals surface area contributed by atoms with Crippen molar-refractivity contribution in [2.45, 2.75) is 78.3 Å². The topological polar surface area (TPSA) is 56.1 Å². The number of unbranched alkanes of at least 4 members (excludes halogenated alkanes) is 1. The minimum Gasteiger partial charge on any atom is -0.493 e. The number of para-hydroxylation sites is 2. The SMILES string of the molecule is Cc1ccc(C)c(OCCCCn2c(C(C)NC(=O)C3CCCCC3)nc3ccccc32)c1. The summed E-state index contributed by atoms with van der Waals surface area (Å²) in [6.07, 6.45) is 7.54. The Balaban J connectivity index is 1.39. The van der Waals surface area contributed by atoms with Gasteiger partial charge < -0.3 is 14.6 Å². The molecule has 0 spiro atoms. The van der Waals surface area contributed by atoms with Crippen molar-refractivity contribution < 1.29 is 9.53 Å². The lowest BCUT2D eigenvalue weighted by atomic mass is 9.88. The second-order valence-corrected chi connectivity index (χ2v) is 9.50. The van der Waals surface area contributed by atoms with Crippen molar-refractivity contribution in [3.8, 4) is 5.75 Å². The van der Waals surface area contributed by atoms with E-state index in [1.54, 1.807) is 0 Å². The number of fused-ring (bicyclic) bond motifs is 1. The maximum atomic E-state index is 12.8. The van der Waals surface area contributed by atoms with Crippen LogP contribution in [0.2, 0.25) is 0 Å². The van der Waals surface area contributed by atoms with E-state index in [9.17, 15) is 4.79 Å². The maximum absolute atomic E-state index is 12.8. The molecular weight excluding hydrogens is 410 g/mol. The molecule has 5 heteroatoms. The minimum atomic E-state index is -0.113. The number of ether oxygens (including phenoxy) is 1. The molecule has 1 aromatic heterocycles. The van der Waals surface area contributed by atoms with Gasteiger partial charge in [0.2, 0.25) is 5.91 Å². The molecular formula is C28H37N3O2. The van der Waals surface area contributed by atoms with Gasteiger partial charge in [0.1, 0.15) is 11.6 Å². The van der Waals surface area contributed by atoms with Crippen molar-refractivity contribution in [2.75, 3.05) is 6.61 Å². The van der Waals surface area contributed by atoms with Crippen LogP contribution in [0, 0.1) is 19.8 Å². The van der Waals surface area contributed by atoms with Crippen molar-refractivity contribution in [1.29, 1.82) is 0 Å². The van der Waals surface area contributed by atoms with Crippen molar-refractivity contribution in [3.63, 3.8) is 0 Å². The molecule has 1 aliphatic carbocycles. The van der Waals surface area contributed by atoms with Crippen LogP contribution in [0.1, 0.15) is 74.9 Å². The number of rotatable bonds is 9. The summed E-state index contributed by atoms with van der Waals surface area (Å²) in [6.45, 7) is 7.78. The Morgan fingerprint density at radius 2 is 1.91 bits per heavy atom. The number of benzene rings is 2. The van der Waals surface area contributed by atoms with E-state index in [1.807, 2.05) is 6.07 Å². The van der Waals surface area contributed by atoms with E-state index in [0.717, 1.165) is 67.7 Å². The maximum Gasteiger partial charge on any atom is 0.223 e. The van der Waals surface area contributed by atoms with Crippen LogP contribution < -0.4 is 10.1 Å². The molecule has 1 saturated carbocycles. The zero-order chi connectivity index (χ0) is 23.2. The fraction of sp³-hybridized carbons (Fsp3) is 0.500. The smallest absolute Gasteiger partial charge is 0.223 e. The van der Waals surface area contributed by atoms with Crippen molar-refractivity contribution in [1.82, 2.24) is 14.9 Å². The number of nitrogens with one attached hydrogen (secondary N) is 1. The first-order valence-corrected chi connectivity index (χ1v) is 12.5. The van der Waals surface area contributed by atoms with Gasteiger partial charge in [0.15, 0.2) is 0 Å². The number of hydrogen-bond acceptors (Lipinski definition) is 3. The monoisotopic (exact) mass is 447 g/mol. The molecule has 1 unspecified atom stereocenters. The summed E-state index contributed by atoms with van der Waals surface area (Å²) in [6, 6.07) is 14.5. The Morgan fingerprint density at radius 3 is 2.73 bits per heavy atom. The highest BCUT2D eigenvalue weighted by molar-refractivity contribution is 5.80. The number of nitrogens with zero attached hydrogens (tertiary/aromatic N) is 2. The van der Waals surface area contributed by atoms with E-state index < -0.39 is 0 Å². The Kier molecular flexibility index (Phi) is 7.69. The molecule has 33 heavy (non-hydrogen) atoms. The molecule has 1 atom stereocenters. The predicted molar refractivity (Wildman–Crippen MR) is 134 cm³/mol. The lowest BCUT2D eigenvalue weighted by Gasteiger charge is -2.23. The lowest BCUT2D eigenvalue weighted by Crippen LogP contribution is -2.35. The third-order valence-corrected chi connectivity index (χ3v) is 6.78. The first-order valence-electron chi connectivity index (χ1n) is 12.5. The highest BCUT2D eigenvalue weighted by Gasteiger charge is 2.24. The van der Waals surface area contributed by atoms with E-state index in [-0.39, 0.29) is 17.9 Å². The van der Waals surface area contributed by atoms with Crippen molar-refractivity contribution in [2.24, 2.45) is 5.92 Å². The van der Waals surface area contributed by atoms with Crippen molar-refractivity contribution in [3.05, 3.63) is 59.4 Å². The third-order valence-electron chi connectivity index (χ3n) is 6.78. The quantitative estimate of drug-likeness (QED) is 0.393. The normalized spacial score (nSPS) is 15.5. The largest absolute Gasteiger partial charge is 0.493 e. The Hall–Kier alpha value is -2.82. The summed E-state index contributed by atoms with van der Waals surface area (Å²) in [5, 5.41) is 3.25. The van der Waals surface area contributed by atoms with Crippen LogP contribution >= 0.6 is 0 Å². The molecule has 5 nitrogen and oxygen atoms in total. The van der Waals surface area contributed by atoms with E-state index >= 15 is 0 Å². The molecule has 1 heterocycles. The summed E-state index contributed by atoms with van der Waals surface area (Å²) < 4.78 is 8.32. The molecule has 0 bridgehead atoms. The highest BCUT2D eigenvalue weighted by Crippen LogP contribution is 2.26. The van der Waals surface area contributed by atoms with Crippen molar-refractivity contribution >= 4 is 16.9 Å². The molecule has 4 rings (SSSR count). The summed E-state index contributed by atoms with van der Waals surface area (Å²) in [7, 11) is 0. The predicted octanol–water partition coefficient (Wildman–Crippen LogP) is 6.27.